The SMILES string of the molecule is C[CH](C)[Mg+].[Br-].[Br-].[Br-].[Zn+2]. The van der Waals surface area contributed by atoms with Crippen molar-refractivity contribution in [2.45, 2.75) is 17.9 Å². The second-order valence-electron chi connectivity index (χ2n) is 1.39. The number of rotatable bonds is 0. The maximum absolute atomic E-state index is 2.18. The van der Waals surface area contributed by atoms with Crippen molar-refractivity contribution in [2.24, 2.45) is 0 Å². The van der Waals surface area contributed by atoms with Gasteiger partial charge >= 0.3 is 59.1 Å². The molecule has 0 aliphatic rings. The topological polar surface area (TPSA) is 0 Å². The average molecular weight is 372 g/mol. The van der Waals surface area contributed by atoms with Crippen LogP contribution in [0.2, 0.25) is 4.05 Å². The van der Waals surface area contributed by atoms with Crippen LogP contribution in [0, 0.1) is 0 Å². The van der Waals surface area contributed by atoms with Crippen molar-refractivity contribution in [3.05, 3.63) is 0 Å². The summed E-state index contributed by atoms with van der Waals surface area (Å²) in [4.78, 5) is 0. The van der Waals surface area contributed by atoms with Gasteiger partial charge in [0.05, 0.1) is 0 Å². The van der Waals surface area contributed by atoms with Crippen LogP contribution < -0.4 is 50.9 Å². The second kappa shape index (κ2) is 22.5. The normalized spacial score (nSPS) is 4.62. The summed E-state index contributed by atoms with van der Waals surface area (Å²) in [5.41, 5.74) is 0. The van der Waals surface area contributed by atoms with Gasteiger partial charge in [-0.05, 0) is 0 Å². The van der Waals surface area contributed by atoms with Crippen molar-refractivity contribution in [1.82, 2.24) is 0 Å². The van der Waals surface area contributed by atoms with Gasteiger partial charge in [-0.25, -0.2) is 0 Å². The molecule has 0 N–H and O–H groups in total. The quantitative estimate of drug-likeness (QED) is 0.371. The maximum Gasteiger partial charge on any atom is 2.00 e. The van der Waals surface area contributed by atoms with Gasteiger partial charge in [0.25, 0.3) is 0 Å². The van der Waals surface area contributed by atoms with E-state index in [4.69, 9.17) is 0 Å². The largest absolute Gasteiger partial charge is 2.00 e. The van der Waals surface area contributed by atoms with Crippen LogP contribution in [0.3, 0.4) is 0 Å². The molecule has 0 aromatic carbocycles. The van der Waals surface area contributed by atoms with Gasteiger partial charge < -0.3 is 50.9 Å². The van der Waals surface area contributed by atoms with Gasteiger partial charge in [0.2, 0.25) is 0 Å². The molecule has 0 fully saturated rings. The summed E-state index contributed by atoms with van der Waals surface area (Å²) < 4.78 is 0.861. The summed E-state index contributed by atoms with van der Waals surface area (Å²) in [7, 11) is 0. The van der Waals surface area contributed by atoms with E-state index in [9.17, 15) is 0 Å². The summed E-state index contributed by atoms with van der Waals surface area (Å²) in [6, 6.07) is 0. The van der Waals surface area contributed by atoms with E-state index in [1.165, 1.54) is 0 Å². The van der Waals surface area contributed by atoms with Crippen molar-refractivity contribution in [1.29, 1.82) is 0 Å². The molecule has 0 spiro atoms. The molecule has 0 nitrogen and oxygen atoms in total. The van der Waals surface area contributed by atoms with Crippen molar-refractivity contribution in [3.8, 4) is 0 Å². The van der Waals surface area contributed by atoms with E-state index in [1.54, 1.807) is 0 Å². The third-order valence-corrected chi connectivity index (χ3v) is 0. The van der Waals surface area contributed by atoms with E-state index in [1.807, 2.05) is 21.7 Å². The van der Waals surface area contributed by atoms with Gasteiger partial charge in [-0.15, -0.1) is 0 Å². The second-order valence-corrected chi connectivity index (χ2v) is 3.03. The Morgan fingerprint density at radius 2 is 1.00 bits per heavy atom. The molecule has 0 bridgehead atoms. The molecule has 0 saturated carbocycles. The summed E-state index contributed by atoms with van der Waals surface area (Å²) >= 11 is 2.00. The molecule has 0 rings (SSSR count). The van der Waals surface area contributed by atoms with Crippen LogP contribution >= 0.6 is 0 Å². The Morgan fingerprint density at radius 1 is 1.00 bits per heavy atom. The minimum absolute atomic E-state index is 0. The molecule has 0 radical (unpaired) electrons. The molecule has 0 aromatic heterocycles. The molecule has 0 heterocycles. The molecule has 0 amide bonds. The van der Waals surface area contributed by atoms with E-state index in [0.717, 1.165) is 4.05 Å². The molecule has 0 atom stereocenters. The van der Waals surface area contributed by atoms with Crippen LogP contribution in [0.1, 0.15) is 13.8 Å². The molecule has 0 saturated heterocycles. The van der Waals surface area contributed by atoms with Gasteiger partial charge in [0.1, 0.15) is 0 Å². The molecule has 5 heteroatoms. The molecule has 44 valence electrons. The predicted octanol–water partition coefficient (Wildman–Crippen LogP) is -8.01. The Labute approximate surface area is 108 Å². The summed E-state index contributed by atoms with van der Waals surface area (Å²) in [6.07, 6.45) is 0. The monoisotopic (exact) mass is 368 g/mol. The van der Waals surface area contributed by atoms with E-state index in [-0.39, 0.29) is 70.4 Å². The fourth-order valence-corrected chi connectivity index (χ4v) is 0. The van der Waals surface area contributed by atoms with Crippen LogP contribution in [-0.2, 0) is 19.5 Å². The molecule has 8 heavy (non-hydrogen) atoms. The first kappa shape index (κ1) is 30.8. The zero-order chi connectivity index (χ0) is 3.58. The maximum atomic E-state index is 2.18. The Balaban J connectivity index is -0.00000000750. The van der Waals surface area contributed by atoms with Crippen LogP contribution in [0.15, 0.2) is 0 Å². The molecular weight excluding hydrogens is 365 g/mol. The van der Waals surface area contributed by atoms with Gasteiger partial charge in [-0.2, -0.15) is 0 Å². The summed E-state index contributed by atoms with van der Waals surface area (Å²) in [5, 5.41) is 0. The Bertz CT molecular complexity index is 19.2. The molecule has 0 unspecified atom stereocenters. The summed E-state index contributed by atoms with van der Waals surface area (Å²) in [6.45, 7) is 4.36. The smallest absolute Gasteiger partial charge is 1.00 e. The third kappa shape index (κ3) is 67.6. The number of hydrogen-bond acceptors (Lipinski definition) is 0. The Hall–Kier alpha value is 2.83. The van der Waals surface area contributed by atoms with Gasteiger partial charge in [0, 0.05) is 0 Å². The first-order valence-electron chi connectivity index (χ1n) is 1.56. The first-order valence-corrected chi connectivity index (χ1v) is 2.38. The van der Waals surface area contributed by atoms with Crippen LogP contribution in [0.5, 0.6) is 0 Å². The number of halogens is 3. The fourth-order valence-electron chi connectivity index (χ4n) is 0. The third-order valence-electron chi connectivity index (χ3n) is 0. The van der Waals surface area contributed by atoms with E-state index in [2.05, 4.69) is 13.8 Å². The number of hydrogen-bond donors (Lipinski definition) is 0. The minimum Gasteiger partial charge on any atom is -1.00 e. The molecular formula is C3H7Br3MgZn. The predicted molar refractivity (Wildman–Crippen MR) is 20.9 cm³/mol. The molecule has 0 aromatic rings. The molecule has 0 aliphatic carbocycles. The fraction of sp³-hybridized carbons (Fsp3) is 1.00. The van der Waals surface area contributed by atoms with E-state index < -0.39 is 0 Å². The van der Waals surface area contributed by atoms with E-state index >= 15 is 0 Å². The van der Waals surface area contributed by atoms with Gasteiger partial charge in [-0.3, -0.25) is 0 Å². The zero-order valence-corrected chi connectivity index (χ0v) is 14.3. The van der Waals surface area contributed by atoms with Crippen molar-refractivity contribution in [2.75, 3.05) is 0 Å². The van der Waals surface area contributed by atoms with Gasteiger partial charge in [0.15, 0.2) is 0 Å². The van der Waals surface area contributed by atoms with Crippen LogP contribution in [-0.4, -0.2) is 21.7 Å². The van der Waals surface area contributed by atoms with Crippen molar-refractivity contribution < 1.29 is 70.4 Å². The Kier molecular flexibility index (Phi) is 86.8. The first-order chi connectivity index (χ1) is 1.73. The van der Waals surface area contributed by atoms with Crippen LogP contribution in [0.25, 0.3) is 0 Å². The standard InChI is InChI=1S/C3H7.3BrH.Mg.Zn/c1-3-2;;;;;/h3H,1-2H3;3*1H;;/q;;;;+1;+2/p-3. The summed E-state index contributed by atoms with van der Waals surface area (Å²) in [5.74, 6) is 0. The Morgan fingerprint density at radius 3 is 1.00 bits per heavy atom. The van der Waals surface area contributed by atoms with Crippen LogP contribution in [0.4, 0.5) is 0 Å². The van der Waals surface area contributed by atoms with Crippen molar-refractivity contribution >= 4 is 21.7 Å². The molecule has 0 aliphatic heterocycles. The minimum atomic E-state index is 0. The van der Waals surface area contributed by atoms with Gasteiger partial charge in [-0.1, -0.05) is 0 Å². The van der Waals surface area contributed by atoms with E-state index in [0.29, 0.717) is 0 Å². The zero-order valence-electron chi connectivity index (χ0n) is 5.13. The average Bonchev–Trinajstić information content (AvgIpc) is 0.811. The van der Waals surface area contributed by atoms with Crippen molar-refractivity contribution in [3.63, 3.8) is 0 Å².